The predicted molar refractivity (Wildman–Crippen MR) is 216 cm³/mol. The van der Waals surface area contributed by atoms with Crippen LogP contribution in [0, 0.1) is 25.2 Å². The highest BCUT2D eigenvalue weighted by molar-refractivity contribution is 6.11. The first-order valence-corrected chi connectivity index (χ1v) is 17.7. The zero-order valence-electron chi connectivity index (χ0n) is 29.3. The summed E-state index contributed by atoms with van der Waals surface area (Å²) in [5, 5.41) is 12.9. The van der Waals surface area contributed by atoms with Gasteiger partial charge in [-0.2, -0.15) is 5.26 Å². The van der Waals surface area contributed by atoms with E-state index in [9.17, 15) is 5.26 Å². The molecule has 0 bridgehead atoms. The first-order valence-electron chi connectivity index (χ1n) is 17.7. The van der Waals surface area contributed by atoms with Crippen LogP contribution in [0.4, 0.5) is 0 Å². The number of rotatable bonds is 6. The van der Waals surface area contributed by atoms with Gasteiger partial charge in [-0.3, -0.25) is 0 Å². The van der Waals surface area contributed by atoms with Crippen LogP contribution in [0.15, 0.2) is 164 Å². The number of hydrogen-bond acceptors (Lipinski definition) is 4. The van der Waals surface area contributed by atoms with Crippen molar-refractivity contribution in [3.05, 3.63) is 180 Å². The largest absolute Gasteiger partial charge is 0.309 e. The number of nitrogens with zero attached hydrogens (tertiary/aromatic N) is 5. The average molecular weight is 680 g/mol. The molecule has 5 heteroatoms. The highest BCUT2D eigenvalue weighted by Crippen LogP contribution is 2.38. The lowest BCUT2D eigenvalue weighted by Gasteiger charge is -2.12. The van der Waals surface area contributed by atoms with Crippen molar-refractivity contribution in [2.45, 2.75) is 13.8 Å². The second-order valence-electron chi connectivity index (χ2n) is 13.4. The van der Waals surface area contributed by atoms with Crippen molar-refractivity contribution in [2.24, 2.45) is 0 Å². The Kier molecular flexibility index (Phi) is 7.91. The molecule has 2 heterocycles. The fourth-order valence-electron chi connectivity index (χ4n) is 7.04. The fraction of sp³-hybridized carbons (Fsp3) is 0.0417. The smallest absolute Gasteiger partial charge is 0.165 e. The minimum Gasteiger partial charge on any atom is -0.309 e. The molecule has 0 fully saturated rings. The third-order valence-electron chi connectivity index (χ3n) is 9.86. The van der Waals surface area contributed by atoms with E-state index in [0.717, 1.165) is 49.7 Å². The van der Waals surface area contributed by atoms with Crippen LogP contribution in [0.1, 0.15) is 16.7 Å². The third kappa shape index (κ3) is 5.93. The van der Waals surface area contributed by atoms with E-state index in [-0.39, 0.29) is 0 Å². The summed E-state index contributed by atoms with van der Waals surface area (Å²) in [6, 6.07) is 58.9. The summed E-state index contributed by atoms with van der Waals surface area (Å²) >= 11 is 0. The Morgan fingerprint density at radius 2 is 0.887 bits per heavy atom. The number of benzene rings is 7. The Morgan fingerprint density at radius 3 is 1.36 bits per heavy atom. The molecule has 0 aliphatic carbocycles. The second-order valence-corrected chi connectivity index (χ2v) is 13.4. The van der Waals surface area contributed by atoms with Gasteiger partial charge in [0, 0.05) is 33.2 Å². The van der Waals surface area contributed by atoms with Gasteiger partial charge >= 0.3 is 0 Å². The van der Waals surface area contributed by atoms with Crippen LogP contribution in [-0.2, 0) is 0 Å². The highest BCUT2D eigenvalue weighted by Gasteiger charge is 2.19. The van der Waals surface area contributed by atoms with Gasteiger partial charge in [0.2, 0.25) is 0 Å². The van der Waals surface area contributed by atoms with Crippen LogP contribution in [0.5, 0.6) is 0 Å². The van der Waals surface area contributed by atoms with Gasteiger partial charge in [0.05, 0.1) is 22.7 Å². The monoisotopic (exact) mass is 679 g/mol. The molecule has 5 nitrogen and oxygen atoms in total. The van der Waals surface area contributed by atoms with E-state index in [1.807, 2.05) is 72.8 Å². The molecule has 0 amide bonds. The zero-order chi connectivity index (χ0) is 35.9. The quantitative estimate of drug-likeness (QED) is 0.175. The summed E-state index contributed by atoms with van der Waals surface area (Å²) in [5.74, 6) is 1.56. The number of fused-ring (bicyclic) bond motifs is 3. The molecule has 9 rings (SSSR count). The lowest BCUT2D eigenvalue weighted by atomic mass is 9.99. The number of aryl methyl sites for hydroxylation is 2. The van der Waals surface area contributed by atoms with Crippen molar-refractivity contribution in [1.82, 2.24) is 19.5 Å². The van der Waals surface area contributed by atoms with Gasteiger partial charge in [-0.15, -0.1) is 0 Å². The summed E-state index contributed by atoms with van der Waals surface area (Å²) in [5.41, 5.74) is 13.0. The molecule has 0 unspecified atom stereocenters. The molecule has 0 radical (unpaired) electrons. The van der Waals surface area contributed by atoms with Gasteiger partial charge in [-0.25, -0.2) is 15.0 Å². The maximum atomic E-state index is 10.6. The summed E-state index contributed by atoms with van der Waals surface area (Å²) in [7, 11) is 0. The van der Waals surface area contributed by atoms with Crippen LogP contribution in [0.25, 0.3) is 83.9 Å². The fourth-order valence-corrected chi connectivity index (χ4v) is 7.04. The van der Waals surface area contributed by atoms with Crippen LogP contribution >= 0.6 is 0 Å². The lowest BCUT2D eigenvalue weighted by Crippen LogP contribution is -2.02. The SMILES string of the molecule is Cc1ccc(-c2ccc3c(c2)c2cc(-c4ccc(C)cc4)ccc2n3-c2ccc(-c3nc(-c4ccccc4)nc(-c4ccccc4)n3)c(C#N)c2)cc1. The van der Waals surface area contributed by atoms with Crippen molar-refractivity contribution in [3.8, 4) is 68.2 Å². The minimum absolute atomic E-state index is 0.452. The van der Waals surface area contributed by atoms with Crippen molar-refractivity contribution in [1.29, 1.82) is 5.26 Å². The van der Waals surface area contributed by atoms with Crippen LogP contribution in [0.2, 0.25) is 0 Å². The summed E-state index contributed by atoms with van der Waals surface area (Å²) < 4.78 is 2.26. The van der Waals surface area contributed by atoms with Crippen molar-refractivity contribution in [3.63, 3.8) is 0 Å². The molecule has 0 N–H and O–H groups in total. The molecule has 0 aliphatic heterocycles. The molecule has 0 aliphatic rings. The van der Waals surface area contributed by atoms with Gasteiger partial charge in [-0.05, 0) is 78.6 Å². The lowest BCUT2D eigenvalue weighted by molar-refractivity contribution is 1.07. The Morgan fingerprint density at radius 1 is 0.434 bits per heavy atom. The van der Waals surface area contributed by atoms with E-state index in [0.29, 0.717) is 28.6 Å². The minimum atomic E-state index is 0.452. The maximum Gasteiger partial charge on any atom is 0.165 e. The molecule has 0 spiro atoms. The molecular weight excluding hydrogens is 647 g/mol. The highest BCUT2D eigenvalue weighted by atomic mass is 15.0. The summed E-state index contributed by atoms with van der Waals surface area (Å²) in [6.45, 7) is 4.22. The molecule has 0 saturated heterocycles. The molecule has 7 aromatic carbocycles. The number of nitriles is 1. The maximum absolute atomic E-state index is 10.6. The third-order valence-corrected chi connectivity index (χ3v) is 9.86. The normalized spacial score (nSPS) is 11.2. The van der Waals surface area contributed by atoms with Crippen molar-refractivity contribution >= 4 is 21.8 Å². The van der Waals surface area contributed by atoms with E-state index in [1.54, 1.807) is 0 Å². The summed E-state index contributed by atoms with van der Waals surface area (Å²) in [4.78, 5) is 14.7. The van der Waals surface area contributed by atoms with Crippen molar-refractivity contribution in [2.75, 3.05) is 0 Å². The van der Waals surface area contributed by atoms with Crippen LogP contribution in [-0.4, -0.2) is 19.5 Å². The zero-order valence-corrected chi connectivity index (χ0v) is 29.3. The molecule has 0 atom stereocenters. The van der Waals surface area contributed by atoms with E-state index in [1.165, 1.54) is 22.3 Å². The van der Waals surface area contributed by atoms with Gasteiger partial charge in [0.15, 0.2) is 17.5 Å². The predicted octanol–water partition coefficient (Wildman–Crippen LogP) is 11.8. The first kappa shape index (κ1) is 31.8. The van der Waals surface area contributed by atoms with Crippen LogP contribution < -0.4 is 0 Å². The summed E-state index contributed by atoms with van der Waals surface area (Å²) in [6.07, 6.45) is 0. The Labute approximate surface area is 308 Å². The Balaban J connectivity index is 1.23. The molecular formula is C48H33N5. The van der Waals surface area contributed by atoms with E-state index in [2.05, 4.69) is 115 Å². The number of hydrogen-bond donors (Lipinski definition) is 0. The molecule has 9 aromatic rings. The van der Waals surface area contributed by atoms with E-state index >= 15 is 0 Å². The van der Waals surface area contributed by atoms with E-state index in [4.69, 9.17) is 15.0 Å². The second kappa shape index (κ2) is 13.2. The van der Waals surface area contributed by atoms with Gasteiger partial charge in [-0.1, -0.05) is 132 Å². The number of aromatic nitrogens is 4. The average Bonchev–Trinajstić information content (AvgIpc) is 3.54. The molecule has 53 heavy (non-hydrogen) atoms. The van der Waals surface area contributed by atoms with Gasteiger partial charge in [0.25, 0.3) is 0 Å². The first-order chi connectivity index (χ1) is 26.0. The molecule has 250 valence electrons. The molecule has 2 aromatic heterocycles. The van der Waals surface area contributed by atoms with E-state index < -0.39 is 0 Å². The van der Waals surface area contributed by atoms with Crippen molar-refractivity contribution < 1.29 is 0 Å². The topological polar surface area (TPSA) is 67.4 Å². The molecule has 0 saturated carbocycles. The van der Waals surface area contributed by atoms with Crippen LogP contribution in [0.3, 0.4) is 0 Å². The van der Waals surface area contributed by atoms with Gasteiger partial charge < -0.3 is 4.57 Å². The van der Waals surface area contributed by atoms with Gasteiger partial charge in [0.1, 0.15) is 0 Å². The Hall–Kier alpha value is -7.16. The Bertz CT molecular complexity index is 2670. The standard InChI is InChI=1S/C48H33N5/c1-31-13-17-33(18-14-31)37-21-25-44-42(28-37)43-29-38(34-19-15-32(2)16-20-34)22-26-45(43)53(44)40-23-24-41(39(27-40)30-49)48-51-46(35-9-5-3-6-10-35)50-47(52-48)36-11-7-4-8-12-36/h3-29H,1-2H3.